The molecule has 2 aromatic carbocycles. The quantitative estimate of drug-likeness (QED) is 0.205. The van der Waals surface area contributed by atoms with Crippen molar-refractivity contribution >= 4 is 29.6 Å². The van der Waals surface area contributed by atoms with Crippen molar-refractivity contribution in [3.8, 4) is 5.75 Å². The van der Waals surface area contributed by atoms with Crippen LogP contribution in [0.3, 0.4) is 0 Å². The molecule has 0 spiro atoms. The summed E-state index contributed by atoms with van der Waals surface area (Å²) < 4.78 is 0. The monoisotopic (exact) mass is 670 g/mol. The number of nitrogens with one attached hydrogen (secondary N) is 1. The maximum absolute atomic E-state index is 14.0. The summed E-state index contributed by atoms with van der Waals surface area (Å²) in [6.45, 7) is 17.3. The minimum absolute atomic E-state index is 0.0800. The van der Waals surface area contributed by atoms with E-state index < -0.39 is 0 Å². The number of carbonyl (C=O) groups excluding carboxylic acids is 1. The summed E-state index contributed by atoms with van der Waals surface area (Å²) in [5.41, 5.74) is 4.18. The molecule has 2 atom stereocenters. The zero-order valence-corrected chi connectivity index (χ0v) is 31.0. The van der Waals surface area contributed by atoms with E-state index in [0.717, 1.165) is 69.8 Å². The van der Waals surface area contributed by atoms with Crippen molar-refractivity contribution in [2.75, 3.05) is 68.5 Å². The molecule has 2 unspecified atom stereocenters. The molecule has 5 rings (SSSR count). The molecular formula is C39H58N8O2. The van der Waals surface area contributed by atoms with E-state index in [0.29, 0.717) is 35.4 Å². The predicted molar refractivity (Wildman–Crippen MR) is 203 cm³/mol. The number of aryl methyl sites for hydroxylation is 1. The van der Waals surface area contributed by atoms with Crippen molar-refractivity contribution in [3.05, 3.63) is 71.5 Å². The van der Waals surface area contributed by atoms with Gasteiger partial charge in [0.1, 0.15) is 5.75 Å². The maximum atomic E-state index is 14.0. The summed E-state index contributed by atoms with van der Waals surface area (Å²) in [5, 5.41) is 13.3. The standard InChI is InChI=1S/C37H52N8O2.C2H6/c1-7-27(3)15-18-45(35(47)34-23-39-36(38-8-2)41-28(34)4)32-13-10-12-31(22-32)44-25-30(40-26-44)24-43-19-16-37(17-20-43,42(5)6)29-11-9-14-33(46)21-29;1-2/h9-14,21-23,26-27,30,46H,7-8,15-20,24-25H2,1-6H3,(H,38,39,41);1-2H3. The second-order valence-electron chi connectivity index (χ2n) is 13.3. The van der Waals surface area contributed by atoms with Crippen LogP contribution in [0.25, 0.3) is 0 Å². The Labute approximate surface area is 294 Å². The molecule has 49 heavy (non-hydrogen) atoms. The van der Waals surface area contributed by atoms with Crippen LogP contribution >= 0.6 is 0 Å². The third-order valence-corrected chi connectivity index (χ3v) is 10.0. The molecule has 2 N–H and O–H groups in total. The lowest BCUT2D eigenvalue weighted by Crippen LogP contribution is -2.51. The number of likely N-dealkylation sites (tertiary alicyclic amines) is 1. The van der Waals surface area contributed by atoms with Crippen molar-refractivity contribution in [1.29, 1.82) is 0 Å². The first-order chi connectivity index (χ1) is 23.6. The Morgan fingerprint density at radius 3 is 2.49 bits per heavy atom. The van der Waals surface area contributed by atoms with Crippen LogP contribution in [0.2, 0.25) is 0 Å². The lowest BCUT2D eigenvalue weighted by Gasteiger charge is -2.47. The first-order valence-corrected chi connectivity index (χ1v) is 18.1. The van der Waals surface area contributed by atoms with Crippen LogP contribution in [-0.2, 0) is 5.54 Å². The van der Waals surface area contributed by atoms with Gasteiger partial charge in [-0.3, -0.25) is 14.7 Å². The number of piperidine rings is 1. The van der Waals surface area contributed by atoms with E-state index in [9.17, 15) is 9.90 Å². The van der Waals surface area contributed by atoms with Crippen molar-refractivity contribution in [2.24, 2.45) is 10.9 Å². The zero-order valence-electron chi connectivity index (χ0n) is 31.0. The Hall–Kier alpha value is -4.02. The topological polar surface area (TPSA) is 100 Å². The van der Waals surface area contributed by atoms with Gasteiger partial charge in [-0.15, -0.1) is 0 Å². The first kappa shape index (κ1) is 37.8. The van der Waals surface area contributed by atoms with Gasteiger partial charge in [0.05, 0.1) is 23.6 Å². The Kier molecular flexibility index (Phi) is 13.6. The van der Waals surface area contributed by atoms with Crippen molar-refractivity contribution in [3.63, 3.8) is 0 Å². The third-order valence-electron chi connectivity index (χ3n) is 10.0. The molecule has 1 fully saturated rings. The van der Waals surface area contributed by atoms with E-state index in [1.165, 1.54) is 5.56 Å². The lowest BCUT2D eigenvalue weighted by molar-refractivity contribution is 0.0520. The third kappa shape index (κ3) is 9.16. The van der Waals surface area contributed by atoms with Crippen LogP contribution in [-0.4, -0.2) is 96.5 Å². The number of benzene rings is 2. The fraction of sp³-hybridized carbons (Fsp3) is 0.538. The largest absolute Gasteiger partial charge is 0.508 e. The first-order valence-electron chi connectivity index (χ1n) is 18.1. The summed E-state index contributed by atoms with van der Waals surface area (Å²) in [7, 11) is 4.28. The number of anilines is 3. The van der Waals surface area contributed by atoms with Gasteiger partial charge in [0.15, 0.2) is 0 Å². The number of aliphatic imine (C=N–C) groups is 1. The molecule has 1 aromatic heterocycles. The van der Waals surface area contributed by atoms with E-state index in [4.69, 9.17) is 4.99 Å². The molecule has 10 heteroatoms. The van der Waals surface area contributed by atoms with Gasteiger partial charge in [0, 0.05) is 62.4 Å². The summed E-state index contributed by atoms with van der Waals surface area (Å²) >= 11 is 0. The van der Waals surface area contributed by atoms with Gasteiger partial charge in [-0.2, -0.15) is 0 Å². The fourth-order valence-corrected chi connectivity index (χ4v) is 6.77. The molecule has 0 saturated carbocycles. The Balaban J connectivity index is 0.00000265. The molecule has 266 valence electrons. The van der Waals surface area contributed by atoms with Gasteiger partial charge in [-0.25, -0.2) is 9.97 Å². The highest BCUT2D eigenvalue weighted by molar-refractivity contribution is 6.07. The van der Waals surface area contributed by atoms with Gasteiger partial charge in [-0.1, -0.05) is 52.3 Å². The fourth-order valence-electron chi connectivity index (χ4n) is 6.77. The van der Waals surface area contributed by atoms with Gasteiger partial charge < -0.3 is 25.1 Å². The summed E-state index contributed by atoms with van der Waals surface area (Å²) in [4.78, 5) is 36.8. The average molecular weight is 671 g/mol. The number of phenolic OH excluding ortho intramolecular Hbond substituents is 1. The van der Waals surface area contributed by atoms with Crippen molar-refractivity contribution < 1.29 is 9.90 Å². The summed E-state index contributed by atoms with van der Waals surface area (Å²) in [6, 6.07) is 16.1. The van der Waals surface area contributed by atoms with Gasteiger partial charge in [0.25, 0.3) is 5.91 Å². The highest BCUT2D eigenvalue weighted by atomic mass is 16.3. The Bertz CT molecular complexity index is 1530. The normalized spacial score (nSPS) is 17.8. The van der Waals surface area contributed by atoms with E-state index in [1.807, 2.05) is 63.2 Å². The number of aromatic hydroxyl groups is 1. The number of hydrogen-bond donors (Lipinski definition) is 2. The van der Waals surface area contributed by atoms with Crippen LogP contribution in [0.15, 0.2) is 59.7 Å². The summed E-state index contributed by atoms with van der Waals surface area (Å²) in [6.07, 6.45) is 7.56. The van der Waals surface area contributed by atoms with Crippen LogP contribution < -0.4 is 15.1 Å². The predicted octanol–water partition coefficient (Wildman–Crippen LogP) is 6.80. The van der Waals surface area contributed by atoms with E-state index in [1.54, 1.807) is 12.3 Å². The average Bonchev–Trinajstić information content (AvgIpc) is 3.58. The molecule has 1 saturated heterocycles. The highest BCUT2D eigenvalue weighted by Crippen LogP contribution is 2.38. The Morgan fingerprint density at radius 2 is 1.84 bits per heavy atom. The molecule has 3 heterocycles. The zero-order chi connectivity index (χ0) is 35.6. The summed E-state index contributed by atoms with van der Waals surface area (Å²) in [5.74, 6) is 1.28. The molecular weight excluding hydrogens is 612 g/mol. The van der Waals surface area contributed by atoms with Gasteiger partial charge in [0.2, 0.25) is 5.95 Å². The van der Waals surface area contributed by atoms with Gasteiger partial charge >= 0.3 is 0 Å². The highest BCUT2D eigenvalue weighted by Gasteiger charge is 2.39. The molecule has 10 nitrogen and oxygen atoms in total. The number of aromatic nitrogens is 2. The van der Waals surface area contributed by atoms with Gasteiger partial charge in [-0.05, 0) is 89.0 Å². The van der Waals surface area contributed by atoms with Crippen molar-refractivity contribution in [2.45, 2.75) is 78.8 Å². The maximum Gasteiger partial charge on any atom is 0.261 e. The second kappa shape index (κ2) is 17.6. The number of rotatable bonds is 13. The second-order valence-corrected chi connectivity index (χ2v) is 13.3. The molecule has 0 aliphatic carbocycles. The number of carbonyl (C=O) groups is 1. The van der Waals surface area contributed by atoms with E-state index in [2.05, 4.69) is 76.1 Å². The molecule has 0 bridgehead atoms. The Morgan fingerprint density at radius 1 is 1.10 bits per heavy atom. The number of nitrogens with zero attached hydrogens (tertiary/aromatic N) is 7. The minimum atomic E-state index is -0.0853. The number of phenols is 1. The molecule has 1 amide bonds. The number of amides is 1. The van der Waals surface area contributed by atoms with Crippen LogP contribution in [0.1, 0.15) is 81.9 Å². The molecule has 3 aromatic rings. The van der Waals surface area contributed by atoms with Crippen LogP contribution in [0, 0.1) is 12.8 Å². The van der Waals surface area contributed by atoms with Crippen LogP contribution in [0.4, 0.5) is 17.3 Å². The minimum Gasteiger partial charge on any atom is -0.508 e. The van der Waals surface area contributed by atoms with Crippen molar-refractivity contribution in [1.82, 2.24) is 19.8 Å². The molecule has 0 radical (unpaired) electrons. The van der Waals surface area contributed by atoms with E-state index >= 15 is 0 Å². The van der Waals surface area contributed by atoms with E-state index in [-0.39, 0.29) is 17.5 Å². The SMILES string of the molecule is CC.CCNc1ncc(C(=O)N(CCC(C)CC)c2cccc(N3C=NC(CN4CCC(c5cccc(O)c5)(N(C)C)CC4)C3)c2)c(C)n1. The molecule has 2 aliphatic rings. The lowest BCUT2D eigenvalue weighted by atomic mass is 9.79. The number of hydrogen-bond acceptors (Lipinski definition) is 9. The van der Waals surface area contributed by atoms with Crippen LogP contribution in [0.5, 0.6) is 5.75 Å². The molecule has 2 aliphatic heterocycles. The smallest absolute Gasteiger partial charge is 0.261 e.